The second kappa shape index (κ2) is 10.8. The SMILES string of the molecule is CC(C)c1cc(C2C([O-])C(C=C3N(c4ccccc4)c4nc5ccccc5nc4N3c3ccccc3)C2[O-])c2cccccc1-2. The number of anilines is 4. The van der Waals surface area contributed by atoms with Crippen LogP contribution in [0.5, 0.6) is 0 Å². The van der Waals surface area contributed by atoms with Crippen molar-refractivity contribution in [2.24, 2.45) is 5.92 Å². The van der Waals surface area contributed by atoms with E-state index >= 15 is 0 Å². The predicted molar refractivity (Wildman–Crippen MR) is 176 cm³/mol. The topological polar surface area (TPSA) is 78.4 Å². The molecule has 0 radical (unpaired) electrons. The summed E-state index contributed by atoms with van der Waals surface area (Å²) in [6, 6.07) is 40.0. The van der Waals surface area contributed by atoms with Crippen molar-refractivity contribution in [3.63, 3.8) is 0 Å². The maximum absolute atomic E-state index is 14.2. The summed E-state index contributed by atoms with van der Waals surface area (Å²) in [7, 11) is 0. The number of nitrogens with zero attached hydrogens (tertiary/aromatic N) is 4. The zero-order valence-corrected chi connectivity index (χ0v) is 25.1. The van der Waals surface area contributed by atoms with Crippen LogP contribution in [0, 0.1) is 5.92 Å². The lowest BCUT2D eigenvalue weighted by atomic mass is 9.65. The van der Waals surface area contributed by atoms with E-state index in [1.807, 2.05) is 125 Å². The number of rotatable bonds is 5. The van der Waals surface area contributed by atoms with Crippen LogP contribution in [0.1, 0.15) is 36.8 Å². The summed E-state index contributed by atoms with van der Waals surface area (Å²) < 4.78 is 0. The minimum Gasteiger partial charge on any atom is -0.851 e. The zero-order chi connectivity index (χ0) is 30.7. The molecule has 1 aromatic heterocycles. The van der Waals surface area contributed by atoms with Gasteiger partial charge in [-0.1, -0.05) is 98.8 Å². The highest BCUT2D eigenvalue weighted by Gasteiger charge is 2.42. The fourth-order valence-corrected chi connectivity index (χ4v) is 6.96. The van der Waals surface area contributed by atoms with Gasteiger partial charge in [-0.3, -0.25) is 9.80 Å². The van der Waals surface area contributed by atoms with Gasteiger partial charge in [-0.25, -0.2) is 9.97 Å². The molecule has 1 fully saturated rings. The van der Waals surface area contributed by atoms with Crippen LogP contribution in [0.3, 0.4) is 0 Å². The van der Waals surface area contributed by atoms with Crippen LogP contribution in [-0.4, -0.2) is 22.2 Å². The number of fused-ring (bicyclic) bond motifs is 3. The van der Waals surface area contributed by atoms with Crippen LogP contribution in [0.15, 0.2) is 133 Å². The molecule has 0 amide bonds. The Morgan fingerprint density at radius 2 is 1.09 bits per heavy atom. The number of hydrogen-bond acceptors (Lipinski definition) is 6. The first-order valence-electron chi connectivity index (χ1n) is 15.5. The van der Waals surface area contributed by atoms with Gasteiger partial charge in [0, 0.05) is 11.4 Å². The number of para-hydroxylation sites is 4. The third-order valence-electron chi connectivity index (χ3n) is 9.21. The van der Waals surface area contributed by atoms with Crippen molar-refractivity contribution in [3.05, 3.63) is 144 Å². The van der Waals surface area contributed by atoms with Gasteiger partial charge in [0.1, 0.15) is 5.82 Å². The molecule has 3 aromatic carbocycles. The van der Waals surface area contributed by atoms with Gasteiger partial charge in [0.05, 0.1) is 11.0 Å². The fourth-order valence-electron chi connectivity index (χ4n) is 6.96. The van der Waals surface area contributed by atoms with Gasteiger partial charge >= 0.3 is 0 Å². The average Bonchev–Trinajstić information content (AvgIpc) is 3.46. The van der Waals surface area contributed by atoms with Gasteiger partial charge in [0.2, 0.25) is 0 Å². The van der Waals surface area contributed by atoms with E-state index in [0.717, 1.165) is 39.1 Å². The molecule has 0 saturated heterocycles. The predicted octanol–water partition coefficient (Wildman–Crippen LogP) is 6.86. The smallest absolute Gasteiger partial charge is 0.183 e. The molecule has 2 atom stereocenters. The zero-order valence-electron chi connectivity index (χ0n) is 25.1. The van der Waals surface area contributed by atoms with Crippen molar-refractivity contribution in [2.45, 2.75) is 37.9 Å². The van der Waals surface area contributed by atoms with Crippen molar-refractivity contribution in [1.29, 1.82) is 0 Å². The van der Waals surface area contributed by atoms with E-state index in [9.17, 15) is 10.2 Å². The molecule has 1 aliphatic heterocycles. The average molecular weight is 589 g/mol. The summed E-state index contributed by atoms with van der Waals surface area (Å²) >= 11 is 0. The van der Waals surface area contributed by atoms with Crippen molar-refractivity contribution < 1.29 is 10.2 Å². The lowest BCUT2D eigenvalue weighted by molar-refractivity contribution is -0.542. The minimum absolute atomic E-state index is 0.281. The first-order chi connectivity index (χ1) is 22.0. The molecule has 222 valence electrons. The fraction of sp³-hybridized carbons (Fsp3) is 0.179. The van der Waals surface area contributed by atoms with Crippen molar-refractivity contribution in [3.8, 4) is 11.1 Å². The van der Waals surface area contributed by atoms with E-state index in [1.165, 1.54) is 5.56 Å². The van der Waals surface area contributed by atoms with E-state index in [4.69, 9.17) is 9.97 Å². The van der Waals surface area contributed by atoms with Crippen molar-refractivity contribution >= 4 is 34.0 Å². The third-order valence-corrected chi connectivity index (χ3v) is 9.21. The second-order valence-electron chi connectivity index (χ2n) is 12.2. The molecular formula is C39H32N4O2-2. The summed E-state index contributed by atoms with van der Waals surface area (Å²) in [5, 5.41) is 28.4. The molecular weight excluding hydrogens is 556 g/mol. The Balaban J connectivity index is 1.27. The molecule has 0 N–H and O–H groups in total. The molecule has 6 heteroatoms. The van der Waals surface area contributed by atoms with Gasteiger partial charge in [0.15, 0.2) is 11.6 Å². The summed E-state index contributed by atoms with van der Waals surface area (Å²) in [5.74, 6) is 0.949. The van der Waals surface area contributed by atoms with Crippen LogP contribution in [-0.2, 0) is 0 Å². The number of hydrogen-bond donors (Lipinski definition) is 0. The highest BCUT2D eigenvalue weighted by atomic mass is 16.3. The summed E-state index contributed by atoms with van der Waals surface area (Å²) in [4.78, 5) is 14.2. The van der Waals surface area contributed by atoms with Gasteiger partial charge < -0.3 is 10.2 Å². The lowest BCUT2D eigenvalue weighted by Gasteiger charge is -2.61. The minimum atomic E-state index is -1.09. The molecule has 4 aromatic rings. The molecule has 4 aliphatic rings. The molecule has 3 aliphatic carbocycles. The Hall–Kier alpha value is -5.04. The first kappa shape index (κ1) is 27.5. The summed E-state index contributed by atoms with van der Waals surface area (Å²) in [6.45, 7) is 4.31. The van der Waals surface area contributed by atoms with Crippen LogP contribution in [0.25, 0.3) is 22.2 Å². The Morgan fingerprint density at radius 1 is 0.622 bits per heavy atom. The second-order valence-corrected chi connectivity index (χ2v) is 12.2. The van der Waals surface area contributed by atoms with Gasteiger partial charge in [-0.05, 0) is 82.5 Å². The molecule has 2 heterocycles. The lowest BCUT2D eigenvalue weighted by Crippen LogP contribution is -2.64. The Kier molecular flexibility index (Phi) is 6.63. The number of benzene rings is 3. The summed E-state index contributed by atoms with van der Waals surface area (Å²) in [5.41, 5.74) is 7.49. The monoisotopic (exact) mass is 588 g/mol. The maximum Gasteiger partial charge on any atom is 0.183 e. The summed E-state index contributed by atoms with van der Waals surface area (Å²) in [6.07, 6.45) is -0.293. The third kappa shape index (κ3) is 4.40. The molecule has 0 spiro atoms. The Bertz CT molecular complexity index is 1910. The van der Waals surface area contributed by atoms with Crippen LogP contribution in [0.2, 0.25) is 0 Å². The van der Waals surface area contributed by atoms with Gasteiger partial charge in [-0.2, -0.15) is 0 Å². The molecule has 8 rings (SSSR count). The van der Waals surface area contributed by atoms with E-state index in [1.54, 1.807) is 0 Å². The van der Waals surface area contributed by atoms with E-state index < -0.39 is 24.0 Å². The van der Waals surface area contributed by atoms with E-state index in [0.29, 0.717) is 17.5 Å². The molecule has 1 saturated carbocycles. The largest absolute Gasteiger partial charge is 0.851 e. The molecule has 0 bridgehead atoms. The standard InChI is InChI=1S/C39H32N4O2/c1-24(2)29-22-30(28-19-11-5-10-18-27(28)29)35-36(44)31(37(35)45)23-34-42(25-14-6-3-7-15-25)38-39(43(34)26-16-8-4-9-17-26)41-33-21-13-12-20-32(33)40-38/h3-24,31,35-37H,1-2H3/q-2. The van der Waals surface area contributed by atoms with E-state index in [2.05, 4.69) is 26.0 Å². The highest BCUT2D eigenvalue weighted by molar-refractivity contribution is 5.93. The van der Waals surface area contributed by atoms with Crippen LogP contribution >= 0.6 is 0 Å². The highest BCUT2D eigenvalue weighted by Crippen LogP contribution is 2.52. The molecule has 45 heavy (non-hydrogen) atoms. The molecule has 6 nitrogen and oxygen atoms in total. The van der Waals surface area contributed by atoms with E-state index in [-0.39, 0.29) is 5.92 Å². The Labute approximate surface area is 262 Å². The van der Waals surface area contributed by atoms with Crippen LogP contribution in [0.4, 0.5) is 23.0 Å². The first-order valence-corrected chi connectivity index (χ1v) is 15.5. The van der Waals surface area contributed by atoms with Crippen LogP contribution < -0.4 is 20.0 Å². The van der Waals surface area contributed by atoms with Gasteiger partial charge in [0.25, 0.3) is 0 Å². The maximum atomic E-state index is 14.2. The van der Waals surface area contributed by atoms with Gasteiger partial charge in [-0.15, -0.1) is 12.2 Å². The quantitative estimate of drug-likeness (QED) is 0.219. The van der Waals surface area contributed by atoms with Crippen molar-refractivity contribution in [2.75, 3.05) is 9.80 Å². The molecule has 2 unspecified atom stereocenters. The van der Waals surface area contributed by atoms with Crippen molar-refractivity contribution in [1.82, 2.24) is 9.97 Å². The number of aromatic nitrogens is 2. The normalized spacial score (nSPS) is 21.0. The Morgan fingerprint density at radius 3 is 1.60 bits per heavy atom.